The van der Waals surface area contributed by atoms with Crippen LogP contribution in [-0.2, 0) is 14.3 Å². The lowest BCUT2D eigenvalue weighted by molar-refractivity contribution is -0.136. The van der Waals surface area contributed by atoms with Crippen LogP contribution in [0.5, 0.6) is 0 Å². The Morgan fingerprint density at radius 2 is 1.20 bits per heavy atom. The van der Waals surface area contributed by atoms with Crippen molar-refractivity contribution in [3.63, 3.8) is 0 Å². The molecule has 15 nitrogen and oxygen atoms in total. The number of nitrogens with zero attached hydrogens (tertiary/aromatic N) is 4. The number of nitrogens with one attached hydrogen (secondary N) is 4. The molecule has 2 saturated heterocycles. The summed E-state index contributed by atoms with van der Waals surface area (Å²) < 4.78 is 4.71. The number of likely N-dealkylation sites (tertiary alicyclic amines) is 2. The summed E-state index contributed by atoms with van der Waals surface area (Å²) in [4.78, 5) is 69.7. The second-order valence-corrected chi connectivity index (χ2v) is 14.3. The molecule has 0 saturated carbocycles. The maximum Gasteiger partial charge on any atom is 0.407 e. The molecule has 5 atom stereocenters. The molecule has 6 N–H and O–H groups in total. The molecule has 2 aromatic heterocycles. The Bertz CT molecular complexity index is 1940. The predicted octanol–water partition coefficient (Wildman–Crippen LogP) is 5.11. The van der Waals surface area contributed by atoms with Gasteiger partial charge in [-0.2, -0.15) is 0 Å². The van der Waals surface area contributed by atoms with Crippen LogP contribution >= 0.6 is 0 Å². The Kier molecular flexibility index (Phi) is 11.6. The molecule has 4 aromatic rings. The molecule has 0 aliphatic carbocycles. The minimum atomic E-state index is -1.22. The van der Waals surface area contributed by atoms with Crippen LogP contribution in [0.25, 0.3) is 33.6 Å². The minimum absolute atomic E-state index is 0.192. The van der Waals surface area contributed by atoms with Gasteiger partial charge in [0.05, 0.1) is 43.0 Å². The average Bonchev–Trinajstić information content (AvgIpc) is 4.02. The van der Waals surface area contributed by atoms with Crippen LogP contribution < -0.4 is 10.6 Å². The summed E-state index contributed by atoms with van der Waals surface area (Å²) in [6.45, 7) is 6.14. The van der Waals surface area contributed by atoms with Gasteiger partial charge in [0, 0.05) is 25.6 Å². The molecule has 2 aromatic carbocycles. The number of aliphatic hydroxyl groups excluding tert-OH is 1. The van der Waals surface area contributed by atoms with Gasteiger partial charge in [0.2, 0.25) is 11.8 Å². The molecule has 15 heteroatoms. The number of alkyl carbamates (subject to hydrolysis) is 1. The lowest BCUT2D eigenvalue weighted by Gasteiger charge is -2.30. The molecule has 4 heterocycles. The smallest absolute Gasteiger partial charge is 0.407 e. The molecule has 4 amide bonds. The van der Waals surface area contributed by atoms with Gasteiger partial charge in [-0.3, -0.25) is 9.59 Å². The minimum Gasteiger partial charge on any atom is -0.465 e. The maximum atomic E-state index is 13.6. The van der Waals surface area contributed by atoms with Crippen molar-refractivity contribution < 1.29 is 34.1 Å². The van der Waals surface area contributed by atoms with E-state index in [9.17, 15) is 29.4 Å². The summed E-state index contributed by atoms with van der Waals surface area (Å²) in [6.07, 6.45) is 4.63. The molecular weight excluding hydrogens is 692 g/mol. The fourth-order valence-electron chi connectivity index (χ4n) is 7.36. The summed E-state index contributed by atoms with van der Waals surface area (Å²) in [5.41, 5.74) is 5.58. The Hall–Kier alpha value is -5.70. The number of rotatable bonds is 12. The van der Waals surface area contributed by atoms with E-state index in [2.05, 4.69) is 30.6 Å². The van der Waals surface area contributed by atoms with Crippen LogP contribution in [0.3, 0.4) is 0 Å². The van der Waals surface area contributed by atoms with E-state index in [1.807, 2.05) is 62.4 Å². The van der Waals surface area contributed by atoms with Crippen molar-refractivity contribution in [3.8, 4) is 33.6 Å². The van der Waals surface area contributed by atoms with E-state index in [4.69, 9.17) is 4.74 Å². The van der Waals surface area contributed by atoms with Crippen molar-refractivity contribution in [1.82, 2.24) is 40.4 Å². The van der Waals surface area contributed by atoms with E-state index < -0.39 is 30.2 Å². The Morgan fingerprint density at radius 3 is 1.61 bits per heavy atom. The van der Waals surface area contributed by atoms with Gasteiger partial charge in [0.25, 0.3) is 0 Å². The Labute approximate surface area is 313 Å². The topological polar surface area (TPSA) is 206 Å². The summed E-state index contributed by atoms with van der Waals surface area (Å²) in [5.74, 6) is 0.122. The number of aliphatic hydroxyl groups is 1. The first-order valence-corrected chi connectivity index (χ1v) is 18.4. The van der Waals surface area contributed by atoms with Gasteiger partial charge in [-0.05, 0) is 53.9 Å². The second kappa shape index (κ2) is 16.5. The van der Waals surface area contributed by atoms with Gasteiger partial charge >= 0.3 is 12.2 Å². The fourth-order valence-corrected chi connectivity index (χ4v) is 7.36. The number of imidazole rings is 2. The van der Waals surface area contributed by atoms with Gasteiger partial charge in [-0.1, -0.05) is 69.3 Å². The molecule has 1 unspecified atom stereocenters. The standard InChI is InChI=1S/C39H48N8O7/c1-22(2)32(44-38(51)52)36(49)46-17-5-7-30(46)34-40-19-28(42-34)26-13-9-24(10-14-26)25-11-15-27(16-12-25)29-20-41-35(43-29)31-8-6-18-47(31)37(50)33(23(3)21-48)45-39(53)54-4/h9-16,19-20,22-23,30-33,44,48H,5-8,17-18,21H2,1-4H3,(H,40,42)(H,41,43)(H,45,53)(H,51,52)/t23-,30+,31?,32+,33+/m1/s1. The Morgan fingerprint density at radius 1 is 0.759 bits per heavy atom. The van der Waals surface area contributed by atoms with Crippen molar-refractivity contribution in [2.24, 2.45) is 11.8 Å². The third-order valence-electron chi connectivity index (χ3n) is 10.4. The number of carbonyl (C=O) groups excluding carboxylic acids is 3. The lowest BCUT2D eigenvalue weighted by atomic mass is 10.0. The lowest BCUT2D eigenvalue weighted by Crippen LogP contribution is -2.52. The number of carboxylic acid groups (broad SMARTS) is 1. The first-order chi connectivity index (χ1) is 26.0. The number of ether oxygens (including phenoxy) is 1. The summed E-state index contributed by atoms with van der Waals surface area (Å²) >= 11 is 0. The second-order valence-electron chi connectivity index (χ2n) is 14.3. The molecule has 6 rings (SSSR count). The number of carbonyl (C=O) groups is 4. The highest BCUT2D eigenvalue weighted by molar-refractivity contribution is 5.87. The number of methoxy groups -OCH3 is 1. The molecule has 2 aliphatic rings. The van der Waals surface area contributed by atoms with Crippen LogP contribution in [0.15, 0.2) is 60.9 Å². The number of amides is 4. The van der Waals surface area contributed by atoms with Gasteiger partial charge in [-0.15, -0.1) is 0 Å². The highest BCUT2D eigenvalue weighted by atomic mass is 16.5. The average molecular weight is 741 g/mol. The first-order valence-electron chi connectivity index (χ1n) is 18.4. The van der Waals surface area contributed by atoms with Crippen molar-refractivity contribution in [3.05, 3.63) is 72.6 Å². The molecule has 0 bridgehead atoms. The molecule has 54 heavy (non-hydrogen) atoms. The van der Waals surface area contributed by atoms with Crippen molar-refractivity contribution in [2.45, 2.75) is 70.6 Å². The van der Waals surface area contributed by atoms with Crippen LogP contribution in [0.2, 0.25) is 0 Å². The summed E-state index contributed by atoms with van der Waals surface area (Å²) in [5, 5.41) is 24.0. The van der Waals surface area contributed by atoms with Gasteiger partial charge in [-0.25, -0.2) is 19.6 Å². The van der Waals surface area contributed by atoms with Crippen LogP contribution in [0.1, 0.15) is 70.2 Å². The zero-order valence-electron chi connectivity index (χ0n) is 30.9. The molecule has 0 spiro atoms. The molecule has 2 fully saturated rings. The largest absolute Gasteiger partial charge is 0.465 e. The van der Waals surface area contributed by atoms with Gasteiger partial charge in [0.1, 0.15) is 23.7 Å². The SMILES string of the molecule is COC(=O)N[C@H](C(=O)N1CCCC1c1ncc(-c2ccc(-c3ccc(-c4cnc([C@@H]5CCCN5C(=O)[C@@H](NC(=O)O)C(C)C)[nH]4)cc3)cc2)[nH]1)[C@H](C)CO. The molecular formula is C39H48N8O7. The number of benzene rings is 2. The predicted molar refractivity (Wildman–Crippen MR) is 200 cm³/mol. The zero-order valence-corrected chi connectivity index (χ0v) is 30.9. The normalized spacial score (nSPS) is 18.7. The fraction of sp³-hybridized carbons (Fsp3) is 0.436. The maximum absolute atomic E-state index is 13.6. The van der Waals surface area contributed by atoms with Crippen LogP contribution in [0.4, 0.5) is 9.59 Å². The van der Waals surface area contributed by atoms with E-state index in [0.717, 1.165) is 59.3 Å². The molecule has 2 aliphatic heterocycles. The zero-order chi connectivity index (χ0) is 38.5. The third kappa shape index (κ3) is 8.10. The van der Waals surface area contributed by atoms with Gasteiger partial charge in [0.15, 0.2) is 0 Å². The van der Waals surface area contributed by atoms with Crippen molar-refractivity contribution in [2.75, 3.05) is 26.8 Å². The highest BCUT2D eigenvalue weighted by Gasteiger charge is 2.39. The molecule has 0 radical (unpaired) electrons. The van der Waals surface area contributed by atoms with E-state index >= 15 is 0 Å². The first kappa shape index (κ1) is 38.0. The quantitative estimate of drug-likeness (QED) is 0.114. The van der Waals surface area contributed by atoms with E-state index in [1.165, 1.54) is 7.11 Å². The number of hydrogen-bond acceptors (Lipinski definition) is 8. The molecule has 286 valence electrons. The van der Waals surface area contributed by atoms with E-state index in [1.54, 1.807) is 29.1 Å². The Balaban J connectivity index is 1.11. The number of aromatic amines is 2. The van der Waals surface area contributed by atoms with Gasteiger partial charge < -0.3 is 45.4 Å². The van der Waals surface area contributed by atoms with E-state index in [0.29, 0.717) is 24.7 Å². The van der Waals surface area contributed by atoms with E-state index in [-0.39, 0.29) is 36.4 Å². The van der Waals surface area contributed by atoms with Crippen molar-refractivity contribution in [1.29, 1.82) is 0 Å². The van der Waals surface area contributed by atoms with Crippen molar-refractivity contribution >= 4 is 24.0 Å². The van der Waals surface area contributed by atoms with Crippen LogP contribution in [0, 0.1) is 11.8 Å². The third-order valence-corrected chi connectivity index (χ3v) is 10.4. The summed E-state index contributed by atoms with van der Waals surface area (Å²) in [7, 11) is 1.23. The summed E-state index contributed by atoms with van der Waals surface area (Å²) in [6, 6.07) is 13.9. The number of hydrogen-bond donors (Lipinski definition) is 6. The number of aromatic nitrogens is 4. The monoisotopic (exact) mass is 740 g/mol. The highest BCUT2D eigenvalue weighted by Crippen LogP contribution is 2.35. The number of H-pyrrole nitrogens is 2. The van der Waals surface area contributed by atoms with Crippen LogP contribution in [-0.4, -0.2) is 103 Å².